The van der Waals surface area contributed by atoms with Crippen molar-refractivity contribution in [1.82, 2.24) is 4.90 Å². The van der Waals surface area contributed by atoms with Crippen LogP contribution in [0.5, 0.6) is 0 Å². The van der Waals surface area contributed by atoms with Crippen LogP contribution in [0.4, 0.5) is 0 Å². The molecule has 0 bridgehead atoms. The second-order valence-electron chi connectivity index (χ2n) is 7.83. The fourth-order valence-corrected chi connectivity index (χ4v) is 5.15. The van der Waals surface area contributed by atoms with Crippen LogP contribution in [0, 0.1) is 6.92 Å². The molecule has 1 fully saturated rings. The van der Waals surface area contributed by atoms with E-state index >= 15 is 0 Å². The molecule has 4 nitrogen and oxygen atoms in total. The van der Waals surface area contributed by atoms with Gasteiger partial charge in [0.25, 0.3) is 0 Å². The molecule has 28 heavy (non-hydrogen) atoms. The van der Waals surface area contributed by atoms with Crippen LogP contribution >= 0.6 is 11.8 Å². The molecule has 1 aromatic rings. The van der Waals surface area contributed by atoms with Gasteiger partial charge in [0.2, 0.25) is 5.91 Å². The number of thioether (sulfide) groups is 1. The second kappa shape index (κ2) is 12.2. The zero-order valence-corrected chi connectivity index (χ0v) is 18.2. The van der Waals surface area contributed by atoms with Crippen molar-refractivity contribution in [2.75, 3.05) is 5.75 Å². The number of rotatable bonds is 12. The van der Waals surface area contributed by atoms with E-state index in [0.717, 1.165) is 30.4 Å². The summed E-state index contributed by atoms with van der Waals surface area (Å²) in [7, 11) is 0. The van der Waals surface area contributed by atoms with Gasteiger partial charge in [-0.15, -0.1) is 11.8 Å². The number of carboxylic acids is 1. The molecule has 2 unspecified atom stereocenters. The van der Waals surface area contributed by atoms with Crippen molar-refractivity contribution >= 4 is 23.6 Å². The maximum absolute atomic E-state index is 12.9. The van der Waals surface area contributed by atoms with Gasteiger partial charge in [-0.25, -0.2) is 4.79 Å². The van der Waals surface area contributed by atoms with Gasteiger partial charge in [-0.3, -0.25) is 4.79 Å². The van der Waals surface area contributed by atoms with Crippen molar-refractivity contribution in [3.8, 4) is 0 Å². The van der Waals surface area contributed by atoms with Gasteiger partial charge in [0, 0.05) is 12.2 Å². The van der Waals surface area contributed by atoms with Gasteiger partial charge in [0.05, 0.1) is 0 Å². The van der Waals surface area contributed by atoms with E-state index in [1.807, 2.05) is 31.2 Å². The highest BCUT2D eigenvalue weighted by atomic mass is 32.2. The lowest BCUT2D eigenvalue weighted by atomic mass is 10.1. The van der Waals surface area contributed by atoms with E-state index in [1.165, 1.54) is 38.5 Å². The van der Waals surface area contributed by atoms with Gasteiger partial charge < -0.3 is 10.0 Å². The minimum Gasteiger partial charge on any atom is -0.480 e. The number of unbranched alkanes of at least 4 members (excludes halogenated alkanes) is 8. The average Bonchev–Trinajstić information content (AvgIpc) is 3.12. The first-order valence-electron chi connectivity index (χ1n) is 10.8. The molecule has 2 atom stereocenters. The number of hydrogen-bond donors (Lipinski definition) is 1. The molecule has 1 aliphatic heterocycles. The van der Waals surface area contributed by atoms with Crippen LogP contribution in [0.25, 0.3) is 0 Å². The molecule has 5 heteroatoms. The Morgan fingerprint density at radius 2 is 1.57 bits per heavy atom. The SMILES string of the molecule is CCCCCCCCCCCC(=O)N1C(C(=O)O)CSC1c1ccc(C)cc1. The number of carboxylic acid groups (broad SMARTS) is 1. The number of aryl methyl sites for hydroxylation is 1. The summed E-state index contributed by atoms with van der Waals surface area (Å²) in [5.74, 6) is -0.467. The van der Waals surface area contributed by atoms with Gasteiger partial charge in [0.15, 0.2) is 0 Å². The molecular formula is C23H35NO3S. The fraction of sp³-hybridized carbons (Fsp3) is 0.652. The van der Waals surface area contributed by atoms with Gasteiger partial charge in [-0.2, -0.15) is 0 Å². The summed E-state index contributed by atoms with van der Waals surface area (Å²) in [6.45, 7) is 4.26. The minimum absolute atomic E-state index is 0.0223. The third-order valence-corrected chi connectivity index (χ3v) is 6.75. The van der Waals surface area contributed by atoms with Crippen LogP contribution in [0.2, 0.25) is 0 Å². The maximum Gasteiger partial charge on any atom is 0.327 e. The lowest BCUT2D eigenvalue weighted by molar-refractivity contribution is -0.149. The van der Waals surface area contributed by atoms with Crippen LogP contribution in [0.1, 0.15) is 87.6 Å². The lowest BCUT2D eigenvalue weighted by Crippen LogP contribution is -2.42. The van der Waals surface area contributed by atoms with E-state index < -0.39 is 12.0 Å². The van der Waals surface area contributed by atoms with Crippen LogP contribution in [0.15, 0.2) is 24.3 Å². The molecule has 1 heterocycles. The smallest absolute Gasteiger partial charge is 0.327 e. The molecule has 0 aromatic heterocycles. The molecule has 2 rings (SSSR count). The topological polar surface area (TPSA) is 57.6 Å². The summed E-state index contributed by atoms with van der Waals surface area (Å²) in [5.41, 5.74) is 2.17. The van der Waals surface area contributed by atoms with E-state index in [-0.39, 0.29) is 11.3 Å². The Morgan fingerprint density at radius 1 is 1.00 bits per heavy atom. The van der Waals surface area contributed by atoms with Crippen LogP contribution in [-0.4, -0.2) is 33.7 Å². The third-order valence-electron chi connectivity index (χ3n) is 5.43. The zero-order chi connectivity index (χ0) is 20.4. The summed E-state index contributed by atoms with van der Waals surface area (Å²) in [5, 5.41) is 9.38. The molecule has 0 spiro atoms. The fourth-order valence-electron chi connectivity index (χ4n) is 3.71. The number of amides is 1. The molecule has 0 aliphatic carbocycles. The van der Waals surface area contributed by atoms with Crippen molar-refractivity contribution in [1.29, 1.82) is 0 Å². The Morgan fingerprint density at radius 3 is 2.14 bits per heavy atom. The number of nitrogens with zero attached hydrogens (tertiary/aromatic N) is 1. The Kier molecular flexibility index (Phi) is 9.89. The molecule has 1 N–H and O–H groups in total. The van der Waals surface area contributed by atoms with Crippen LogP contribution in [0.3, 0.4) is 0 Å². The van der Waals surface area contributed by atoms with E-state index in [1.54, 1.807) is 16.7 Å². The molecular weight excluding hydrogens is 370 g/mol. The highest BCUT2D eigenvalue weighted by Crippen LogP contribution is 2.42. The molecule has 1 aromatic carbocycles. The summed E-state index contributed by atoms with van der Waals surface area (Å²) >= 11 is 1.56. The summed E-state index contributed by atoms with van der Waals surface area (Å²) in [6.07, 6.45) is 11.3. The first-order valence-corrected chi connectivity index (χ1v) is 11.8. The first-order chi connectivity index (χ1) is 13.5. The predicted octanol–water partition coefficient (Wildman–Crippen LogP) is 5.94. The Hall–Kier alpha value is -1.49. The van der Waals surface area contributed by atoms with Gasteiger partial charge >= 0.3 is 5.97 Å². The number of carbonyl (C=O) groups is 2. The van der Waals surface area contributed by atoms with Crippen LogP contribution in [-0.2, 0) is 9.59 Å². The largest absolute Gasteiger partial charge is 0.480 e. The number of carbonyl (C=O) groups excluding carboxylic acids is 1. The standard InChI is InChI=1S/C23H35NO3S/c1-3-4-5-6-7-8-9-10-11-12-21(25)24-20(23(26)27)17-28-22(24)19-15-13-18(2)14-16-19/h13-16,20,22H,3-12,17H2,1-2H3,(H,26,27). The average molecular weight is 406 g/mol. The van der Waals surface area contributed by atoms with Crippen molar-refractivity contribution in [3.05, 3.63) is 35.4 Å². The molecule has 1 amide bonds. The number of benzene rings is 1. The molecule has 1 saturated heterocycles. The quantitative estimate of drug-likeness (QED) is 0.437. The third kappa shape index (κ3) is 6.84. The monoisotopic (exact) mass is 405 g/mol. The van der Waals surface area contributed by atoms with Gasteiger partial charge in [-0.1, -0.05) is 88.1 Å². The van der Waals surface area contributed by atoms with Crippen molar-refractivity contribution in [2.45, 2.75) is 89.5 Å². The highest BCUT2D eigenvalue weighted by molar-refractivity contribution is 7.99. The summed E-state index contributed by atoms with van der Waals surface area (Å²) in [4.78, 5) is 26.1. The molecule has 1 aliphatic rings. The van der Waals surface area contributed by atoms with Crippen molar-refractivity contribution < 1.29 is 14.7 Å². The maximum atomic E-state index is 12.9. The van der Waals surface area contributed by atoms with Gasteiger partial charge in [0.1, 0.15) is 11.4 Å². The highest BCUT2D eigenvalue weighted by Gasteiger charge is 2.41. The predicted molar refractivity (Wildman–Crippen MR) is 116 cm³/mol. The Balaban J connectivity index is 1.82. The Bertz CT molecular complexity index is 617. The van der Waals surface area contributed by atoms with E-state index in [0.29, 0.717) is 12.2 Å². The van der Waals surface area contributed by atoms with E-state index in [2.05, 4.69) is 6.92 Å². The Labute approximate surface area is 174 Å². The number of hydrogen-bond acceptors (Lipinski definition) is 3. The van der Waals surface area contributed by atoms with E-state index in [9.17, 15) is 14.7 Å². The summed E-state index contributed by atoms with van der Waals surface area (Å²) in [6, 6.07) is 7.34. The van der Waals surface area contributed by atoms with Gasteiger partial charge in [-0.05, 0) is 18.9 Å². The minimum atomic E-state index is -0.900. The van der Waals surface area contributed by atoms with Crippen LogP contribution < -0.4 is 0 Å². The normalized spacial score (nSPS) is 19.1. The van der Waals surface area contributed by atoms with Crippen molar-refractivity contribution in [2.24, 2.45) is 0 Å². The zero-order valence-electron chi connectivity index (χ0n) is 17.4. The molecule has 156 valence electrons. The molecule has 0 radical (unpaired) electrons. The number of aliphatic carboxylic acids is 1. The lowest BCUT2D eigenvalue weighted by Gasteiger charge is -2.28. The molecule has 0 saturated carbocycles. The first kappa shape index (κ1) is 22.8. The van der Waals surface area contributed by atoms with Crippen molar-refractivity contribution in [3.63, 3.8) is 0 Å². The van der Waals surface area contributed by atoms with E-state index in [4.69, 9.17) is 0 Å². The second-order valence-corrected chi connectivity index (χ2v) is 8.94. The summed E-state index contributed by atoms with van der Waals surface area (Å²) < 4.78 is 0.